The van der Waals surface area contributed by atoms with Crippen molar-refractivity contribution in [2.75, 3.05) is 18.4 Å². The van der Waals surface area contributed by atoms with Crippen LogP contribution in [0.3, 0.4) is 0 Å². The van der Waals surface area contributed by atoms with E-state index < -0.39 is 0 Å². The van der Waals surface area contributed by atoms with E-state index in [0.717, 1.165) is 24.8 Å². The van der Waals surface area contributed by atoms with Crippen molar-refractivity contribution in [3.63, 3.8) is 0 Å². The van der Waals surface area contributed by atoms with Crippen molar-refractivity contribution >= 4 is 15.9 Å². The Morgan fingerprint density at radius 3 is 1.68 bits per heavy atom. The molecule has 0 radical (unpaired) electrons. The Morgan fingerprint density at radius 1 is 0.737 bits per heavy atom. The Labute approximate surface area is 129 Å². The van der Waals surface area contributed by atoms with Crippen LogP contribution >= 0.6 is 15.9 Å². The molecule has 4 N–H and O–H groups in total. The van der Waals surface area contributed by atoms with Crippen molar-refractivity contribution in [3.05, 3.63) is 12.2 Å². The van der Waals surface area contributed by atoms with Crippen LogP contribution in [0.4, 0.5) is 0 Å². The van der Waals surface area contributed by atoms with Crippen molar-refractivity contribution in [2.24, 2.45) is 11.5 Å². The fourth-order valence-corrected chi connectivity index (χ4v) is 1.97. The van der Waals surface area contributed by atoms with Gasteiger partial charge < -0.3 is 11.5 Å². The second kappa shape index (κ2) is 23.2. The van der Waals surface area contributed by atoms with E-state index in [-0.39, 0.29) is 0 Å². The minimum absolute atomic E-state index is 0.832. The number of hydrogen-bond acceptors (Lipinski definition) is 2. The Balaban J connectivity index is 0. The molecule has 0 aromatic carbocycles. The summed E-state index contributed by atoms with van der Waals surface area (Å²) < 4.78 is 0. The van der Waals surface area contributed by atoms with Crippen LogP contribution in [0.1, 0.15) is 71.1 Å². The number of allylic oxidation sites excluding steroid dienone is 2. The van der Waals surface area contributed by atoms with Gasteiger partial charge in [0.25, 0.3) is 0 Å². The molecule has 0 aromatic rings. The molecule has 19 heavy (non-hydrogen) atoms. The van der Waals surface area contributed by atoms with Gasteiger partial charge in [0, 0.05) is 5.33 Å². The van der Waals surface area contributed by atoms with E-state index in [1.807, 2.05) is 0 Å². The average molecular weight is 335 g/mol. The number of rotatable bonds is 12. The molecule has 0 atom stereocenters. The molecule has 0 saturated carbocycles. The van der Waals surface area contributed by atoms with Crippen molar-refractivity contribution in [1.82, 2.24) is 0 Å². The molecule has 0 bridgehead atoms. The van der Waals surface area contributed by atoms with E-state index in [1.165, 1.54) is 57.8 Å². The summed E-state index contributed by atoms with van der Waals surface area (Å²) >= 11 is 3.43. The molecule has 0 aliphatic rings. The maximum atomic E-state index is 5.40. The Morgan fingerprint density at radius 2 is 1.26 bits per heavy atom. The summed E-state index contributed by atoms with van der Waals surface area (Å²) in [5.41, 5.74) is 10.6. The Kier molecular flexibility index (Phi) is 26.2. The van der Waals surface area contributed by atoms with Gasteiger partial charge in [0.2, 0.25) is 0 Å². The van der Waals surface area contributed by atoms with Gasteiger partial charge in [-0.1, -0.05) is 54.3 Å². The number of hydrogen-bond donors (Lipinski definition) is 2. The van der Waals surface area contributed by atoms with Crippen molar-refractivity contribution in [2.45, 2.75) is 71.1 Å². The summed E-state index contributed by atoms with van der Waals surface area (Å²) in [5, 5.41) is 1.15. The van der Waals surface area contributed by atoms with Gasteiger partial charge in [-0.2, -0.15) is 0 Å². The second-order valence-corrected chi connectivity index (χ2v) is 5.58. The highest BCUT2D eigenvalue weighted by atomic mass is 79.9. The molecular weight excluding hydrogens is 300 g/mol. The first kappa shape index (κ1) is 21.4. The van der Waals surface area contributed by atoms with E-state index in [9.17, 15) is 0 Å². The lowest BCUT2D eigenvalue weighted by Crippen LogP contribution is -1.96. The molecule has 0 amide bonds. The first-order valence-corrected chi connectivity index (χ1v) is 9.06. The number of halogens is 1. The lowest BCUT2D eigenvalue weighted by Gasteiger charge is -1.94. The summed E-state index contributed by atoms with van der Waals surface area (Å²) in [5.74, 6) is 0. The lowest BCUT2D eigenvalue weighted by atomic mass is 10.1. The number of unbranched alkanes of at least 4 members (excludes halogenated alkanes) is 7. The third kappa shape index (κ3) is 27.4. The molecule has 0 unspecified atom stereocenters. The van der Waals surface area contributed by atoms with Gasteiger partial charge in [0.05, 0.1) is 0 Å². The molecule has 116 valence electrons. The first-order chi connectivity index (χ1) is 9.33. The zero-order valence-electron chi connectivity index (χ0n) is 12.9. The fourth-order valence-electron chi connectivity index (χ4n) is 1.57. The summed E-state index contributed by atoms with van der Waals surface area (Å²) in [6.07, 6.45) is 17.2. The van der Waals surface area contributed by atoms with Crippen LogP contribution in [-0.4, -0.2) is 18.4 Å². The predicted molar refractivity (Wildman–Crippen MR) is 92.9 cm³/mol. The molecule has 0 aliphatic heterocycles. The Hall–Kier alpha value is 0.140. The summed E-state index contributed by atoms with van der Waals surface area (Å²) in [6, 6.07) is 0. The minimum atomic E-state index is 0.832. The van der Waals surface area contributed by atoms with Gasteiger partial charge in [0.15, 0.2) is 0 Å². The van der Waals surface area contributed by atoms with E-state index >= 15 is 0 Å². The van der Waals surface area contributed by atoms with Gasteiger partial charge >= 0.3 is 0 Å². The van der Waals surface area contributed by atoms with Gasteiger partial charge in [-0.3, -0.25) is 0 Å². The monoisotopic (exact) mass is 334 g/mol. The molecule has 0 spiro atoms. The van der Waals surface area contributed by atoms with E-state index in [1.54, 1.807) is 0 Å². The smallest absolute Gasteiger partial charge is 0.00313 e. The SMILES string of the molecule is CCCCCN.NCCCC/C=C\CCCCCBr. The van der Waals surface area contributed by atoms with E-state index in [4.69, 9.17) is 11.5 Å². The summed E-state index contributed by atoms with van der Waals surface area (Å²) in [4.78, 5) is 0. The standard InChI is InChI=1S/C11H22BrN.C5H13N/c12-10-8-6-4-2-1-3-5-7-9-11-13;1-2-3-4-5-6/h1,3H,2,4-11,13H2;2-6H2,1H3/b3-1-;. The van der Waals surface area contributed by atoms with Gasteiger partial charge in [-0.05, 0) is 58.0 Å². The fraction of sp³-hybridized carbons (Fsp3) is 0.875. The topological polar surface area (TPSA) is 52.0 Å². The van der Waals surface area contributed by atoms with Crippen LogP contribution in [-0.2, 0) is 0 Å². The van der Waals surface area contributed by atoms with E-state index in [0.29, 0.717) is 0 Å². The van der Waals surface area contributed by atoms with Crippen LogP contribution in [0.15, 0.2) is 12.2 Å². The lowest BCUT2D eigenvalue weighted by molar-refractivity contribution is 0.727. The molecule has 0 saturated heterocycles. The van der Waals surface area contributed by atoms with Gasteiger partial charge in [-0.25, -0.2) is 0 Å². The van der Waals surface area contributed by atoms with Crippen LogP contribution in [0, 0.1) is 0 Å². The third-order valence-corrected chi connectivity index (χ3v) is 3.36. The minimum Gasteiger partial charge on any atom is -0.330 e. The van der Waals surface area contributed by atoms with Crippen LogP contribution < -0.4 is 11.5 Å². The zero-order valence-corrected chi connectivity index (χ0v) is 14.5. The summed E-state index contributed by atoms with van der Waals surface area (Å²) in [7, 11) is 0. The average Bonchev–Trinajstić information content (AvgIpc) is 2.44. The van der Waals surface area contributed by atoms with Gasteiger partial charge in [0.1, 0.15) is 0 Å². The zero-order chi connectivity index (χ0) is 14.6. The quantitative estimate of drug-likeness (QED) is 0.307. The molecule has 0 heterocycles. The molecule has 0 aromatic heterocycles. The number of nitrogens with two attached hydrogens (primary N) is 2. The maximum absolute atomic E-state index is 5.40. The highest BCUT2D eigenvalue weighted by molar-refractivity contribution is 9.09. The predicted octanol–water partition coefficient (Wildman–Crippen LogP) is 4.76. The molecule has 2 nitrogen and oxygen atoms in total. The molecule has 3 heteroatoms. The largest absolute Gasteiger partial charge is 0.330 e. The van der Waals surface area contributed by atoms with Crippen LogP contribution in [0.5, 0.6) is 0 Å². The third-order valence-electron chi connectivity index (χ3n) is 2.80. The normalized spacial score (nSPS) is 10.5. The second-order valence-electron chi connectivity index (χ2n) is 4.79. The van der Waals surface area contributed by atoms with Crippen molar-refractivity contribution in [1.29, 1.82) is 0 Å². The van der Waals surface area contributed by atoms with E-state index in [2.05, 4.69) is 35.0 Å². The molecule has 0 fully saturated rings. The number of alkyl halides is 1. The van der Waals surface area contributed by atoms with Crippen molar-refractivity contribution in [3.8, 4) is 0 Å². The first-order valence-electron chi connectivity index (χ1n) is 7.94. The summed E-state index contributed by atoms with van der Waals surface area (Å²) in [6.45, 7) is 3.86. The maximum Gasteiger partial charge on any atom is 0.00313 e. The van der Waals surface area contributed by atoms with Crippen LogP contribution in [0.25, 0.3) is 0 Å². The molecule has 0 rings (SSSR count). The van der Waals surface area contributed by atoms with Gasteiger partial charge in [-0.15, -0.1) is 0 Å². The van der Waals surface area contributed by atoms with Crippen LogP contribution in [0.2, 0.25) is 0 Å². The highest BCUT2D eigenvalue weighted by Crippen LogP contribution is 2.03. The molecular formula is C16H35BrN2. The highest BCUT2D eigenvalue weighted by Gasteiger charge is 1.85. The van der Waals surface area contributed by atoms with Crippen molar-refractivity contribution < 1.29 is 0 Å². The molecule has 0 aliphatic carbocycles. The Bertz CT molecular complexity index is 157.